The van der Waals surface area contributed by atoms with Gasteiger partial charge in [0.2, 0.25) is 0 Å². The first-order valence-corrected chi connectivity index (χ1v) is 7.93. The van der Waals surface area contributed by atoms with Gasteiger partial charge < -0.3 is 14.6 Å². The molecule has 0 fully saturated rings. The Hall–Kier alpha value is -3.35. The van der Waals surface area contributed by atoms with E-state index in [1.165, 1.54) is 20.3 Å². The number of carboxylic acids is 1. The number of aromatic carboxylic acids is 1. The third-order valence-corrected chi connectivity index (χ3v) is 4.45. The number of fused-ring (bicyclic) bond motifs is 1. The normalized spacial score (nSPS) is 13.2. The minimum atomic E-state index is -1.14. The van der Waals surface area contributed by atoms with Gasteiger partial charge in [0.1, 0.15) is 0 Å². The number of nitrogens with zero attached hydrogens (tertiary/aromatic N) is 1. The molecule has 0 heterocycles. The average molecular weight is 355 g/mol. The molecular weight excluding hydrogens is 338 g/mol. The van der Waals surface area contributed by atoms with Crippen LogP contribution in [0.15, 0.2) is 42.1 Å². The highest BCUT2D eigenvalue weighted by Gasteiger charge is 2.31. The molecule has 1 aliphatic carbocycles. The Morgan fingerprint density at radius 2 is 1.73 bits per heavy atom. The Balaban J connectivity index is 2.35. The molecule has 0 unspecified atom stereocenters. The number of benzene rings is 2. The first kappa shape index (κ1) is 17.5. The number of rotatable bonds is 5. The zero-order valence-corrected chi connectivity index (χ0v) is 14.3. The second-order valence-corrected chi connectivity index (χ2v) is 5.79. The van der Waals surface area contributed by atoms with Crippen molar-refractivity contribution in [3.05, 3.63) is 74.5 Å². The molecule has 0 spiro atoms. The summed E-state index contributed by atoms with van der Waals surface area (Å²) in [6, 6.07) is 9.75. The van der Waals surface area contributed by atoms with Gasteiger partial charge in [-0.25, -0.2) is 4.79 Å². The first-order chi connectivity index (χ1) is 12.5. The lowest BCUT2D eigenvalue weighted by atomic mass is 9.83. The lowest BCUT2D eigenvalue weighted by molar-refractivity contribution is -0.427. The van der Waals surface area contributed by atoms with E-state index in [1.807, 2.05) is 0 Å². The van der Waals surface area contributed by atoms with Crippen molar-refractivity contribution in [3.63, 3.8) is 0 Å². The molecule has 134 valence electrons. The van der Waals surface area contributed by atoms with Crippen LogP contribution in [0.5, 0.6) is 11.5 Å². The molecule has 0 radical (unpaired) electrons. The quantitative estimate of drug-likeness (QED) is 0.652. The van der Waals surface area contributed by atoms with Crippen molar-refractivity contribution in [2.75, 3.05) is 14.2 Å². The Kier molecular flexibility index (Phi) is 4.62. The predicted molar refractivity (Wildman–Crippen MR) is 94.3 cm³/mol. The second-order valence-electron chi connectivity index (χ2n) is 5.79. The lowest BCUT2D eigenvalue weighted by Gasteiger charge is -2.22. The summed E-state index contributed by atoms with van der Waals surface area (Å²) in [5.74, 6) is -0.175. The van der Waals surface area contributed by atoms with E-state index in [9.17, 15) is 20.0 Å². The molecule has 0 saturated carbocycles. The summed E-state index contributed by atoms with van der Waals surface area (Å²) in [5, 5.41) is 21.2. The van der Waals surface area contributed by atoms with Gasteiger partial charge in [-0.3, -0.25) is 10.1 Å². The summed E-state index contributed by atoms with van der Waals surface area (Å²) in [6.45, 7) is 0. The number of carboxylic acid groups (broad SMARTS) is 1. The molecule has 0 amide bonds. The number of aryl methyl sites for hydroxylation is 1. The van der Waals surface area contributed by atoms with Crippen molar-refractivity contribution in [1.29, 1.82) is 0 Å². The highest BCUT2D eigenvalue weighted by atomic mass is 16.6. The minimum Gasteiger partial charge on any atom is -0.493 e. The van der Waals surface area contributed by atoms with E-state index >= 15 is 0 Å². The molecule has 0 atom stereocenters. The van der Waals surface area contributed by atoms with Crippen LogP contribution in [0, 0.1) is 10.1 Å². The average Bonchev–Trinajstić information content (AvgIpc) is 2.65. The van der Waals surface area contributed by atoms with E-state index in [0.29, 0.717) is 34.6 Å². The zero-order valence-electron chi connectivity index (χ0n) is 14.3. The van der Waals surface area contributed by atoms with Crippen LogP contribution in [0.1, 0.15) is 33.5 Å². The van der Waals surface area contributed by atoms with Crippen LogP contribution in [-0.2, 0) is 6.42 Å². The van der Waals surface area contributed by atoms with Crippen LogP contribution in [0.3, 0.4) is 0 Å². The topological polar surface area (TPSA) is 98.9 Å². The molecule has 26 heavy (non-hydrogen) atoms. The number of hydrogen-bond donors (Lipinski definition) is 1. The lowest BCUT2D eigenvalue weighted by Crippen LogP contribution is -2.14. The van der Waals surface area contributed by atoms with Gasteiger partial charge in [0, 0.05) is 12.0 Å². The number of methoxy groups -OCH3 is 2. The maximum absolute atomic E-state index is 11.7. The molecule has 0 bridgehead atoms. The Bertz CT molecular complexity index is 932. The van der Waals surface area contributed by atoms with Crippen molar-refractivity contribution in [1.82, 2.24) is 0 Å². The van der Waals surface area contributed by atoms with Crippen LogP contribution < -0.4 is 9.47 Å². The molecule has 0 saturated heterocycles. The van der Waals surface area contributed by atoms with Gasteiger partial charge >= 0.3 is 5.97 Å². The van der Waals surface area contributed by atoms with E-state index < -0.39 is 10.9 Å². The van der Waals surface area contributed by atoms with Gasteiger partial charge in [-0.05, 0) is 35.7 Å². The summed E-state index contributed by atoms with van der Waals surface area (Å²) >= 11 is 0. The van der Waals surface area contributed by atoms with Gasteiger partial charge in [0.15, 0.2) is 11.5 Å². The third kappa shape index (κ3) is 2.88. The molecule has 7 nitrogen and oxygen atoms in total. The van der Waals surface area contributed by atoms with E-state index in [1.54, 1.807) is 30.3 Å². The van der Waals surface area contributed by atoms with Gasteiger partial charge in [0.25, 0.3) is 5.70 Å². The summed E-state index contributed by atoms with van der Waals surface area (Å²) in [6.07, 6.45) is 0.670. The second kappa shape index (κ2) is 6.87. The maximum Gasteiger partial charge on any atom is 0.336 e. The third-order valence-electron chi connectivity index (χ3n) is 4.45. The molecule has 7 heteroatoms. The molecule has 1 N–H and O–H groups in total. The number of hydrogen-bond acceptors (Lipinski definition) is 5. The van der Waals surface area contributed by atoms with E-state index in [-0.39, 0.29) is 17.7 Å². The number of allylic oxidation sites excluding steroid dienone is 1. The Morgan fingerprint density at radius 1 is 1.08 bits per heavy atom. The number of ether oxygens (including phenoxy) is 2. The van der Waals surface area contributed by atoms with E-state index in [2.05, 4.69) is 0 Å². The highest BCUT2D eigenvalue weighted by molar-refractivity contribution is 5.98. The molecule has 2 aromatic rings. The fourth-order valence-electron chi connectivity index (χ4n) is 3.26. The predicted octanol–water partition coefficient (Wildman–Crippen LogP) is 3.38. The zero-order chi connectivity index (χ0) is 18.8. The summed E-state index contributed by atoms with van der Waals surface area (Å²) in [4.78, 5) is 22.9. The fourth-order valence-corrected chi connectivity index (χ4v) is 3.26. The van der Waals surface area contributed by atoms with Gasteiger partial charge in [-0.15, -0.1) is 0 Å². The molecular formula is C19H17NO6. The van der Waals surface area contributed by atoms with E-state index in [4.69, 9.17) is 9.47 Å². The molecule has 0 aliphatic heterocycles. The molecule has 1 aliphatic rings. The largest absolute Gasteiger partial charge is 0.493 e. The van der Waals surface area contributed by atoms with Crippen LogP contribution in [-0.4, -0.2) is 30.2 Å². The van der Waals surface area contributed by atoms with Crippen molar-refractivity contribution in [3.8, 4) is 11.5 Å². The standard InChI is InChI=1S/C19H17NO6/c1-25-16-9-11-7-8-15(20(23)24)18(14(11)10-17(16)26-2)12-5-3-4-6-13(12)19(21)22/h3-6,9-10H,7-8H2,1-2H3,(H,21,22). The Morgan fingerprint density at radius 3 is 2.35 bits per heavy atom. The van der Waals surface area contributed by atoms with Crippen LogP contribution in [0.4, 0.5) is 0 Å². The number of nitro groups is 1. The van der Waals surface area contributed by atoms with Crippen molar-refractivity contribution < 1.29 is 24.3 Å². The summed E-state index contributed by atoms with van der Waals surface area (Å²) < 4.78 is 10.6. The smallest absolute Gasteiger partial charge is 0.336 e. The van der Waals surface area contributed by atoms with Gasteiger partial charge in [0.05, 0.1) is 30.3 Å². The molecule has 2 aromatic carbocycles. The Labute approximate surface area is 149 Å². The molecule has 3 rings (SSSR count). The summed E-state index contributed by atoms with van der Waals surface area (Å²) in [7, 11) is 3.00. The molecule has 0 aromatic heterocycles. The fraction of sp³-hybridized carbons (Fsp3) is 0.211. The van der Waals surface area contributed by atoms with Crippen molar-refractivity contribution >= 4 is 11.5 Å². The first-order valence-electron chi connectivity index (χ1n) is 7.93. The number of carbonyl (C=O) groups is 1. The maximum atomic E-state index is 11.7. The van der Waals surface area contributed by atoms with E-state index in [0.717, 1.165) is 5.56 Å². The van der Waals surface area contributed by atoms with Crippen LogP contribution in [0.25, 0.3) is 5.57 Å². The highest BCUT2D eigenvalue weighted by Crippen LogP contribution is 2.42. The van der Waals surface area contributed by atoms with Crippen LogP contribution >= 0.6 is 0 Å². The SMILES string of the molecule is COc1cc2c(cc1OC)C(c1ccccc1C(=O)O)=C([N+](=O)[O-])CC2. The van der Waals surface area contributed by atoms with Crippen molar-refractivity contribution in [2.24, 2.45) is 0 Å². The van der Waals surface area contributed by atoms with Crippen molar-refractivity contribution in [2.45, 2.75) is 12.8 Å². The van der Waals surface area contributed by atoms with Crippen LogP contribution in [0.2, 0.25) is 0 Å². The monoisotopic (exact) mass is 355 g/mol. The summed E-state index contributed by atoms with van der Waals surface area (Å²) in [5.41, 5.74) is 2.09. The van der Waals surface area contributed by atoms with Gasteiger partial charge in [-0.2, -0.15) is 0 Å². The van der Waals surface area contributed by atoms with Gasteiger partial charge in [-0.1, -0.05) is 18.2 Å². The minimum absolute atomic E-state index is 0.00146.